The maximum absolute atomic E-state index is 13.2. The Morgan fingerprint density at radius 1 is 1.22 bits per heavy atom. The van der Waals surface area contributed by atoms with E-state index in [-0.39, 0.29) is 11.8 Å². The lowest BCUT2D eigenvalue weighted by Gasteiger charge is -2.33. The molecule has 1 unspecified atom stereocenters. The van der Waals surface area contributed by atoms with Crippen LogP contribution in [0.4, 0.5) is 0 Å². The maximum Gasteiger partial charge on any atom is 0.254 e. The molecule has 7 nitrogen and oxygen atoms in total. The fraction of sp³-hybridized carbons (Fsp3) is 0.360. The van der Waals surface area contributed by atoms with Crippen molar-refractivity contribution in [3.8, 4) is 11.6 Å². The predicted molar refractivity (Wildman–Crippen MR) is 124 cm³/mol. The van der Waals surface area contributed by atoms with E-state index in [0.717, 1.165) is 42.1 Å². The van der Waals surface area contributed by atoms with E-state index in [2.05, 4.69) is 9.97 Å². The summed E-state index contributed by atoms with van der Waals surface area (Å²) in [6.45, 7) is 7.62. The van der Waals surface area contributed by atoms with Gasteiger partial charge in [0.1, 0.15) is 17.4 Å². The second-order valence-corrected chi connectivity index (χ2v) is 8.39. The molecule has 2 aromatic heterocycles. The van der Waals surface area contributed by atoms with Crippen LogP contribution in [0, 0.1) is 25.2 Å². The van der Waals surface area contributed by atoms with Crippen LogP contribution in [0.15, 0.2) is 48.9 Å². The van der Waals surface area contributed by atoms with Crippen molar-refractivity contribution in [3.63, 3.8) is 0 Å². The molecule has 1 atom stereocenters. The van der Waals surface area contributed by atoms with Crippen molar-refractivity contribution in [2.24, 2.45) is 5.92 Å². The Balaban J connectivity index is 1.44. The van der Waals surface area contributed by atoms with Gasteiger partial charge in [0.05, 0.1) is 6.61 Å². The van der Waals surface area contributed by atoms with Crippen LogP contribution in [0.25, 0.3) is 5.82 Å². The van der Waals surface area contributed by atoms with Crippen molar-refractivity contribution in [2.45, 2.75) is 33.6 Å². The number of hydrogen-bond acceptors (Lipinski definition) is 5. The minimum absolute atomic E-state index is 0.0164. The Morgan fingerprint density at radius 3 is 2.81 bits per heavy atom. The molecular formula is C25H29N5O2. The molecule has 4 rings (SSSR count). The van der Waals surface area contributed by atoms with Gasteiger partial charge in [0, 0.05) is 54.4 Å². The van der Waals surface area contributed by atoms with Crippen molar-refractivity contribution < 1.29 is 9.53 Å². The molecule has 1 aliphatic heterocycles. The lowest BCUT2D eigenvalue weighted by atomic mass is 9.98. The normalized spacial score (nSPS) is 16.1. The summed E-state index contributed by atoms with van der Waals surface area (Å²) in [7, 11) is 0. The van der Waals surface area contributed by atoms with Crippen molar-refractivity contribution in [2.75, 3.05) is 19.7 Å². The Bertz CT molecular complexity index is 1140. The van der Waals surface area contributed by atoms with Crippen molar-refractivity contribution >= 4 is 11.6 Å². The van der Waals surface area contributed by atoms with Gasteiger partial charge in [-0.15, -0.1) is 0 Å². The van der Waals surface area contributed by atoms with Gasteiger partial charge >= 0.3 is 0 Å². The van der Waals surface area contributed by atoms with E-state index in [1.807, 2.05) is 53.8 Å². The largest absolute Gasteiger partial charge is 0.493 e. The summed E-state index contributed by atoms with van der Waals surface area (Å²) in [6.07, 6.45) is 7.20. The summed E-state index contributed by atoms with van der Waals surface area (Å²) >= 11 is 0. The first kappa shape index (κ1) is 21.7. The molecule has 1 aliphatic rings. The molecule has 7 heteroatoms. The molecule has 1 N–H and O–H groups in total. The molecule has 3 aromatic rings. The molecule has 0 spiro atoms. The van der Waals surface area contributed by atoms with E-state index in [4.69, 9.17) is 10.1 Å². The third-order valence-electron chi connectivity index (χ3n) is 5.96. The summed E-state index contributed by atoms with van der Waals surface area (Å²) in [5, 5.41) is 8.06. The first-order valence-corrected chi connectivity index (χ1v) is 11.0. The number of carbonyl (C=O) groups is 1. The highest BCUT2D eigenvalue weighted by molar-refractivity contribution is 6.00. The Morgan fingerprint density at radius 2 is 2.06 bits per heavy atom. The minimum Gasteiger partial charge on any atom is -0.493 e. The zero-order chi connectivity index (χ0) is 22.7. The molecular weight excluding hydrogens is 402 g/mol. The number of pyridine rings is 1. The number of likely N-dealkylation sites (tertiary alicyclic amines) is 1. The lowest BCUT2D eigenvalue weighted by molar-refractivity contribution is 0.0633. The van der Waals surface area contributed by atoms with Crippen LogP contribution in [-0.4, -0.2) is 50.8 Å². The Hall–Kier alpha value is -3.48. The van der Waals surface area contributed by atoms with Gasteiger partial charge in [0.25, 0.3) is 5.91 Å². The third-order valence-corrected chi connectivity index (χ3v) is 5.96. The number of hydrogen-bond donors (Lipinski definition) is 1. The van der Waals surface area contributed by atoms with Crippen molar-refractivity contribution in [1.82, 2.24) is 19.4 Å². The molecule has 1 amide bonds. The highest BCUT2D eigenvalue weighted by Crippen LogP contribution is 2.25. The molecule has 1 aromatic carbocycles. The number of imidazole rings is 1. The first-order chi connectivity index (χ1) is 15.4. The number of amides is 1. The number of benzene rings is 1. The number of nitrogens with one attached hydrogen (secondary N) is 1. The lowest BCUT2D eigenvalue weighted by Crippen LogP contribution is -2.41. The number of aryl methyl sites for hydroxylation is 2. The fourth-order valence-corrected chi connectivity index (χ4v) is 4.32. The SMILES string of the molecule is CC(=N)c1c(C)cccc1OCC1CCCN(C(=O)c2ccnc(-n3ccnc3C)c2)C1. The zero-order valence-corrected chi connectivity index (χ0v) is 18.8. The number of piperidine rings is 1. The molecule has 1 fully saturated rings. The van der Waals surface area contributed by atoms with Gasteiger partial charge in [-0.1, -0.05) is 12.1 Å². The average Bonchev–Trinajstić information content (AvgIpc) is 3.23. The van der Waals surface area contributed by atoms with Gasteiger partial charge in [-0.3, -0.25) is 9.36 Å². The van der Waals surface area contributed by atoms with Gasteiger partial charge in [-0.25, -0.2) is 9.97 Å². The van der Waals surface area contributed by atoms with E-state index in [1.54, 1.807) is 25.4 Å². The topological polar surface area (TPSA) is 84.1 Å². The number of aromatic nitrogens is 3. The second-order valence-electron chi connectivity index (χ2n) is 8.39. The first-order valence-electron chi connectivity index (χ1n) is 11.0. The maximum atomic E-state index is 13.2. The van der Waals surface area contributed by atoms with E-state index in [0.29, 0.717) is 30.2 Å². The fourth-order valence-electron chi connectivity index (χ4n) is 4.32. The van der Waals surface area contributed by atoms with Crippen LogP contribution in [0.1, 0.15) is 47.1 Å². The molecule has 3 heterocycles. The monoisotopic (exact) mass is 431 g/mol. The summed E-state index contributed by atoms with van der Waals surface area (Å²) in [6, 6.07) is 9.46. The second kappa shape index (κ2) is 9.34. The van der Waals surface area contributed by atoms with Crippen LogP contribution >= 0.6 is 0 Å². The zero-order valence-electron chi connectivity index (χ0n) is 18.8. The number of rotatable bonds is 6. The summed E-state index contributed by atoms with van der Waals surface area (Å²) < 4.78 is 8.00. The number of nitrogens with zero attached hydrogens (tertiary/aromatic N) is 4. The van der Waals surface area contributed by atoms with Crippen LogP contribution in [0.3, 0.4) is 0 Å². The van der Waals surface area contributed by atoms with E-state index in [9.17, 15) is 4.79 Å². The van der Waals surface area contributed by atoms with Gasteiger partial charge < -0.3 is 15.0 Å². The molecule has 32 heavy (non-hydrogen) atoms. The van der Waals surface area contributed by atoms with Crippen LogP contribution in [0.5, 0.6) is 5.75 Å². The average molecular weight is 432 g/mol. The summed E-state index contributed by atoms with van der Waals surface area (Å²) in [5.74, 6) is 2.53. The standard InChI is InChI=1S/C25H29N5O2/c1-17-6-4-8-22(24(17)18(2)26)32-16-20-7-5-12-29(15-20)25(31)21-9-10-28-23(14-21)30-13-11-27-19(30)3/h4,6,8-11,13-14,20,26H,5,7,12,15-16H2,1-3H3. The number of ether oxygens (including phenoxy) is 1. The van der Waals surface area contributed by atoms with Gasteiger partial charge in [0.2, 0.25) is 0 Å². The Kier molecular flexibility index (Phi) is 6.35. The van der Waals surface area contributed by atoms with Crippen molar-refractivity contribution in [1.29, 1.82) is 5.41 Å². The smallest absolute Gasteiger partial charge is 0.254 e. The van der Waals surface area contributed by atoms with Gasteiger partial charge in [-0.2, -0.15) is 0 Å². The van der Waals surface area contributed by atoms with E-state index < -0.39 is 0 Å². The Labute approximate surface area is 188 Å². The quantitative estimate of drug-likeness (QED) is 0.593. The minimum atomic E-state index is 0.0164. The summed E-state index contributed by atoms with van der Waals surface area (Å²) in [4.78, 5) is 23.8. The molecule has 1 saturated heterocycles. The van der Waals surface area contributed by atoms with Crippen LogP contribution < -0.4 is 4.74 Å². The predicted octanol–water partition coefficient (Wildman–Crippen LogP) is 4.20. The van der Waals surface area contributed by atoms with Crippen LogP contribution in [-0.2, 0) is 0 Å². The highest BCUT2D eigenvalue weighted by atomic mass is 16.5. The molecule has 0 aliphatic carbocycles. The van der Waals surface area contributed by atoms with E-state index in [1.165, 1.54) is 0 Å². The third kappa shape index (κ3) is 4.56. The van der Waals surface area contributed by atoms with E-state index >= 15 is 0 Å². The van der Waals surface area contributed by atoms with Crippen molar-refractivity contribution in [3.05, 3.63) is 71.4 Å². The molecule has 166 valence electrons. The van der Waals surface area contributed by atoms with Gasteiger partial charge in [-0.05, 0) is 57.4 Å². The highest BCUT2D eigenvalue weighted by Gasteiger charge is 2.26. The van der Waals surface area contributed by atoms with Gasteiger partial charge in [0.15, 0.2) is 0 Å². The number of carbonyl (C=O) groups excluding carboxylic acids is 1. The molecule has 0 saturated carbocycles. The molecule has 0 bridgehead atoms. The van der Waals surface area contributed by atoms with Crippen LogP contribution in [0.2, 0.25) is 0 Å². The summed E-state index contributed by atoms with van der Waals surface area (Å²) in [5.41, 5.74) is 3.03. The molecule has 0 radical (unpaired) electrons.